The van der Waals surface area contributed by atoms with Crippen molar-refractivity contribution in [3.8, 4) is 0 Å². The second-order valence-electron chi connectivity index (χ2n) is 10.3. The molecule has 21 heteroatoms. The van der Waals surface area contributed by atoms with E-state index in [9.17, 15) is 33.6 Å². The van der Waals surface area contributed by atoms with Crippen LogP contribution in [0.1, 0.15) is 53.9 Å². The third kappa shape index (κ3) is 26.6. The van der Waals surface area contributed by atoms with E-state index in [0.29, 0.717) is 19.6 Å². The summed E-state index contributed by atoms with van der Waals surface area (Å²) in [5.41, 5.74) is 0. The van der Waals surface area contributed by atoms with Gasteiger partial charge in [0.15, 0.2) is 0 Å². The van der Waals surface area contributed by atoms with Crippen LogP contribution in [0.5, 0.6) is 0 Å². The van der Waals surface area contributed by atoms with Gasteiger partial charge in [-0.25, -0.2) is 28.8 Å². The predicted octanol–water partition coefficient (Wildman–Crippen LogP) is 1.28. The molecule has 2 unspecified atom stereocenters. The molecule has 0 saturated carbocycles. The average Bonchev–Trinajstić information content (AvgIpc) is 3.08. The van der Waals surface area contributed by atoms with Gasteiger partial charge in [0.2, 0.25) is 0 Å². The lowest BCUT2D eigenvalue weighted by Gasteiger charge is -2.22. The Balaban J connectivity index is 5.48. The van der Waals surface area contributed by atoms with Crippen LogP contribution in [0.4, 0.5) is 28.8 Å². The molecule has 0 aliphatic heterocycles. The topological polar surface area (TPSA) is 266 Å². The predicted molar refractivity (Wildman–Crippen MR) is 177 cm³/mol. The number of hydrogen-bond acceptors (Lipinski definition) is 15. The van der Waals surface area contributed by atoms with Crippen LogP contribution in [0, 0.1) is 0 Å². The first-order valence-electron chi connectivity index (χ1n) is 16.7. The van der Waals surface area contributed by atoms with E-state index in [-0.39, 0.29) is 45.9 Å². The van der Waals surface area contributed by atoms with Crippen molar-refractivity contribution >= 4 is 42.5 Å². The third-order valence-corrected chi connectivity index (χ3v) is 5.72. The smallest absolute Gasteiger partial charge is 0.407 e. The van der Waals surface area contributed by atoms with E-state index in [2.05, 4.69) is 31.9 Å². The minimum absolute atomic E-state index is 0.0931. The Morgan fingerprint density at radius 3 is 1.12 bits per heavy atom. The molecular weight excluding hydrogens is 684 g/mol. The van der Waals surface area contributed by atoms with Crippen LogP contribution < -0.4 is 31.9 Å². The molecule has 0 bridgehead atoms. The summed E-state index contributed by atoms with van der Waals surface area (Å²) >= 11 is 0. The van der Waals surface area contributed by atoms with Crippen molar-refractivity contribution in [1.82, 2.24) is 31.9 Å². The Morgan fingerprint density at radius 2 is 0.765 bits per heavy atom. The van der Waals surface area contributed by atoms with Crippen LogP contribution in [0.15, 0.2) is 0 Å². The van der Waals surface area contributed by atoms with Gasteiger partial charge in [0, 0.05) is 32.7 Å². The summed E-state index contributed by atoms with van der Waals surface area (Å²) in [6.07, 6.45) is -3.91. The summed E-state index contributed by atoms with van der Waals surface area (Å²) in [6, 6.07) is -3.19. The Labute approximate surface area is 297 Å². The van der Waals surface area contributed by atoms with Crippen LogP contribution in [0.2, 0.25) is 0 Å². The van der Waals surface area contributed by atoms with Crippen LogP contribution in [-0.4, -0.2) is 140 Å². The molecule has 6 N–H and O–H groups in total. The Morgan fingerprint density at radius 1 is 0.412 bits per heavy atom. The van der Waals surface area contributed by atoms with Gasteiger partial charge in [-0.15, -0.1) is 0 Å². The van der Waals surface area contributed by atoms with E-state index in [1.54, 1.807) is 27.7 Å². The zero-order chi connectivity index (χ0) is 38.3. The SMILES string of the molecule is CCCOCCOC(=O)NC(COC(=O)NC(COC(=O)CCC)COC(=O)NCC)COC(=O)NC(COC(=O)NCC)COC(=O)NCC. The summed E-state index contributed by atoms with van der Waals surface area (Å²) in [7, 11) is 0. The second-order valence-corrected chi connectivity index (χ2v) is 10.3. The molecular formula is C30H54N6O15. The van der Waals surface area contributed by atoms with Crippen molar-refractivity contribution in [3.05, 3.63) is 0 Å². The molecule has 2 atom stereocenters. The van der Waals surface area contributed by atoms with Gasteiger partial charge in [-0.05, 0) is 33.6 Å². The van der Waals surface area contributed by atoms with Gasteiger partial charge in [-0.3, -0.25) is 4.79 Å². The van der Waals surface area contributed by atoms with Crippen molar-refractivity contribution in [2.45, 2.75) is 72.0 Å². The highest BCUT2D eigenvalue weighted by atomic mass is 16.6. The lowest BCUT2D eigenvalue weighted by atomic mass is 10.3. The van der Waals surface area contributed by atoms with Crippen LogP contribution in [-0.2, 0) is 42.7 Å². The van der Waals surface area contributed by atoms with E-state index in [0.717, 1.165) is 6.42 Å². The highest BCUT2D eigenvalue weighted by Gasteiger charge is 2.23. The van der Waals surface area contributed by atoms with E-state index >= 15 is 0 Å². The normalized spacial score (nSPS) is 11.5. The lowest BCUT2D eigenvalue weighted by Crippen LogP contribution is -2.48. The average molecular weight is 739 g/mol. The molecule has 0 heterocycles. The zero-order valence-corrected chi connectivity index (χ0v) is 30.0. The molecule has 0 spiro atoms. The highest BCUT2D eigenvalue weighted by Crippen LogP contribution is 1.99. The molecule has 0 radical (unpaired) electrons. The minimum atomic E-state index is -1.16. The number of ether oxygens (including phenoxy) is 8. The fraction of sp³-hybridized carbons (Fsp3) is 0.767. The number of esters is 1. The number of amides is 6. The van der Waals surface area contributed by atoms with Crippen molar-refractivity contribution in [2.75, 3.05) is 79.1 Å². The minimum Gasteiger partial charge on any atom is -0.463 e. The monoisotopic (exact) mass is 738 g/mol. The van der Waals surface area contributed by atoms with E-state index < -0.39 is 87.1 Å². The summed E-state index contributed by atoms with van der Waals surface area (Å²) in [5, 5.41) is 14.5. The van der Waals surface area contributed by atoms with Crippen LogP contribution in [0.3, 0.4) is 0 Å². The molecule has 0 saturated heterocycles. The Bertz CT molecular complexity index is 941. The molecule has 294 valence electrons. The molecule has 0 aromatic rings. The van der Waals surface area contributed by atoms with Crippen molar-refractivity contribution in [1.29, 1.82) is 0 Å². The number of carbonyl (C=O) groups is 7. The fourth-order valence-electron chi connectivity index (χ4n) is 3.40. The number of hydrogen-bond donors (Lipinski definition) is 6. The molecule has 6 amide bonds. The van der Waals surface area contributed by atoms with Gasteiger partial charge in [0.25, 0.3) is 0 Å². The molecule has 21 nitrogen and oxygen atoms in total. The van der Waals surface area contributed by atoms with Gasteiger partial charge >= 0.3 is 42.5 Å². The summed E-state index contributed by atoms with van der Waals surface area (Å²) in [5.74, 6) is -0.525. The number of alkyl carbamates (subject to hydrolysis) is 6. The third-order valence-electron chi connectivity index (χ3n) is 5.72. The van der Waals surface area contributed by atoms with Gasteiger partial charge < -0.3 is 69.8 Å². The summed E-state index contributed by atoms with van der Waals surface area (Å²) in [4.78, 5) is 84.9. The quantitative estimate of drug-likeness (QED) is 0.0438. The van der Waals surface area contributed by atoms with Gasteiger partial charge in [-0.2, -0.15) is 0 Å². The maximum absolute atomic E-state index is 12.7. The van der Waals surface area contributed by atoms with Gasteiger partial charge in [0.05, 0.1) is 6.61 Å². The summed E-state index contributed by atoms with van der Waals surface area (Å²) in [6.45, 7) is 7.50. The molecule has 0 aromatic carbocycles. The molecule has 0 aliphatic carbocycles. The van der Waals surface area contributed by atoms with E-state index in [1.165, 1.54) is 0 Å². The van der Waals surface area contributed by atoms with Crippen LogP contribution >= 0.6 is 0 Å². The maximum atomic E-state index is 12.7. The Hall–Kier alpha value is -4.95. The fourth-order valence-corrected chi connectivity index (χ4v) is 3.40. The van der Waals surface area contributed by atoms with Crippen LogP contribution in [0.25, 0.3) is 0 Å². The van der Waals surface area contributed by atoms with Gasteiger partial charge in [-0.1, -0.05) is 13.8 Å². The van der Waals surface area contributed by atoms with Crippen molar-refractivity contribution in [2.24, 2.45) is 0 Å². The molecule has 0 fully saturated rings. The number of rotatable bonds is 25. The van der Waals surface area contributed by atoms with E-state index in [1.807, 2.05) is 6.92 Å². The van der Waals surface area contributed by atoms with Crippen molar-refractivity contribution in [3.63, 3.8) is 0 Å². The number of nitrogens with one attached hydrogen (secondary N) is 6. The van der Waals surface area contributed by atoms with E-state index in [4.69, 9.17) is 37.9 Å². The largest absolute Gasteiger partial charge is 0.463 e. The van der Waals surface area contributed by atoms with Gasteiger partial charge in [0.1, 0.15) is 64.4 Å². The maximum Gasteiger partial charge on any atom is 0.407 e. The molecule has 0 aliphatic rings. The van der Waals surface area contributed by atoms with Crippen molar-refractivity contribution < 1.29 is 71.5 Å². The highest BCUT2D eigenvalue weighted by molar-refractivity contribution is 5.71. The molecule has 0 rings (SSSR count). The number of carbonyl (C=O) groups excluding carboxylic acids is 7. The Kier molecular flexibility index (Phi) is 27.0. The molecule has 51 heavy (non-hydrogen) atoms. The first-order valence-corrected chi connectivity index (χ1v) is 16.7. The first kappa shape index (κ1) is 46.0. The lowest BCUT2D eigenvalue weighted by molar-refractivity contribution is -0.144. The standard InChI is InChI=1S/C30H54N6O15/c1-6-11-24(37)46-15-21(16-47-25(38)31-8-3)35-29(42)50-19-23(34-28(41)45-14-13-44-12-7-2)20-51-30(43)36-22(17-48-26(39)32-9-4)18-49-27(40)33-10-5/h21-23H,6-20H2,1-5H3,(H,31,38)(H,32,39)(H,33,40)(H,34,41)(H,35,42)(H,36,43). The first-order chi connectivity index (χ1) is 24.5. The zero-order valence-electron chi connectivity index (χ0n) is 30.0. The second kappa shape index (κ2) is 29.9. The summed E-state index contributed by atoms with van der Waals surface area (Å²) < 4.78 is 40.9. The molecule has 0 aromatic heterocycles.